The minimum absolute atomic E-state index is 0.189. The molecule has 0 radical (unpaired) electrons. The van der Waals surface area contributed by atoms with E-state index in [0.717, 1.165) is 27.2 Å². The SMILES string of the molecule is CC(=O)N(C)N(Cc1ccc(C(F)(F)F)cn1)C(=O)c1ccc2nc(N)c3c(c2c1)COC3. The van der Waals surface area contributed by atoms with E-state index in [1.54, 1.807) is 18.2 Å². The lowest BCUT2D eigenvalue weighted by Gasteiger charge is -2.31. The van der Waals surface area contributed by atoms with Crippen LogP contribution in [-0.2, 0) is 35.5 Å². The van der Waals surface area contributed by atoms with Gasteiger partial charge in [0.15, 0.2) is 0 Å². The molecule has 0 aliphatic carbocycles. The van der Waals surface area contributed by atoms with Gasteiger partial charge in [-0.25, -0.2) is 9.99 Å². The summed E-state index contributed by atoms with van der Waals surface area (Å²) in [5.41, 5.74) is 7.77. The summed E-state index contributed by atoms with van der Waals surface area (Å²) in [5.74, 6) is -0.582. The Morgan fingerprint density at radius 3 is 2.52 bits per heavy atom. The van der Waals surface area contributed by atoms with Crippen molar-refractivity contribution in [2.24, 2.45) is 0 Å². The lowest BCUT2D eigenvalue weighted by molar-refractivity contribution is -0.140. The van der Waals surface area contributed by atoms with Gasteiger partial charge in [-0.3, -0.25) is 19.6 Å². The lowest BCUT2D eigenvalue weighted by Crippen LogP contribution is -2.46. The van der Waals surface area contributed by atoms with Crippen LogP contribution in [0.2, 0.25) is 0 Å². The highest BCUT2D eigenvalue weighted by Crippen LogP contribution is 2.32. The molecule has 2 N–H and O–H groups in total. The predicted octanol–water partition coefficient (Wildman–Crippen LogP) is 3.30. The number of nitrogens with two attached hydrogens (primary N) is 1. The monoisotopic (exact) mass is 459 g/mol. The molecule has 2 aromatic heterocycles. The van der Waals surface area contributed by atoms with Gasteiger partial charge in [-0.05, 0) is 35.9 Å². The number of carbonyl (C=O) groups excluding carboxylic acids is 2. The van der Waals surface area contributed by atoms with Crippen molar-refractivity contribution >= 4 is 28.5 Å². The first-order valence-electron chi connectivity index (χ1n) is 9.93. The molecular formula is C22H20F3N5O3. The number of fused-ring (bicyclic) bond motifs is 3. The molecule has 0 unspecified atom stereocenters. The fourth-order valence-electron chi connectivity index (χ4n) is 3.58. The number of halogens is 3. The van der Waals surface area contributed by atoms with Crippen LogP contribution in [0.15, 0.2) is 36.5 Å². The van der Waals surface area contributed by atoms with Crippen LogP contribution in [0.25, 0.3) is 10.9 Å². The predicted molar refractivity (Wildman–Crippen MR) is 112 cm³/mol. The topological polar surface area (TPSA) is 102 Å². The van der Waals surface area contributed by atoms with Crippen molar-refractivity contribution < 1.29 is 27.5 Å². The van der Waals surface area contributed by atoms with Gasteiger partial charge in [0.05, 0.1) is 36.5 Å². The number of nitrogen functional groups attached to an aromatic ring is 1. The maximum atomic E-state index is 13.4. The Morgan fingerprint density at radius 2 is 1.88 bits per heavy atom. The van der Waals surface area contributed by atoms with E-state index in [1.165, 1.54) is 20.0 Å². The molecule has 4 rings (SSSR count). The summed E-state index contributed by atoms with van der Waals surface area (Å²) in [6.07, 6.45) is -3.83. The van der Waals surface area contributed by atoms with Gasteiger partial charge in [0.1, 0.15) is 5.82 Å². The molecule has 8 nitrogen and oxygen atoms in total. The summed E-state index contributed by atoms with van der Waals surface area (Å²) in [6, 6.07) is 6.92. The van der Waals surface area contributed by atoms with E-state index in [9.17, 15) is 22.8 Å². The highest BCUT2D eigenvalue weighted by Gasteiger charge is 2.31. The zero-order valence-electron chi connectivity index (χ0n) is 17.8. The van der Waals surface area contributed by atoms with E-state index < -0.39 is 23.6 Å². The van der Waals surface area contributed by atoms with Crippen molar-refractivity contribution in [3.05, 3.63) is 64.5 Å². The summed E-state index contributed by atoms with van der Waals surface area (Å²) < 4.78 is 44.0. The molecule has 0 saturated carbocycles. The van der Waals surface area contributed by atoms with Crippen LogP contribution in [0.5, 0.6) is 0 Å². The molecule has 0 fully saturated rings. The van der Waals surface area contributed by atoms with Crippen molar-refractivity contribution in [3.8, 4) is 0 Å². The molecule has 1 aliphatic heterocycles. The smallest absolute Gasteiger partial charge is 0.383 e. The van der Waals surface area contributed by atoms with Crippen molar-refractivity contribution in [3.63, 3.8) is 0 Å². The maximum absolute atomic E-state index is 13.4. The van der Waals surface area contributed by atoms with Gasteiger partial charge in [0.25, 0.3) is 5.91 Å². The summed E-state index contributed by atoms with van der Waals surface area (Å²) in [5, 5.41) is 2.93. The van der Waals surface area contributed by atoms with Crippen LogP contribution >= 0.6 is 0 Å². The van der Waals surface area contributed by atoms with Crippen LogP contribution in [0.1, 0.15) is 39.7 Å². The van der Waals surface area contributed by atoms with E-state index in [-0.39, 0.29) is 17.8 Å². The Bertz CT molecular complexity index is 1240. The minimum atomic E-state index is -4.52. The molecule has 0 bridgehead atoms. The number of hydrogen-bond acceptors (Lipinski definition) is 6. The van der Waals surface area contributed by atoms with Crippen molar-refractivity contribution in [2.75, 3.05) is 12.8 Å². The Kier molecular flexibility index (Phi) is 5.66. The molecule has 2 amide bonds. The Balaban J connectivity index is 1.69. The molecule has 0 spiro atoms. The third-order valence-electron chi connectivity index (χ3n) is 5.49. The molecule has 1 aliphatic rings. The Morgan fingerprint density at radius 1 is 1.15 bits per heavy atom. The zero-order valence-corrected chi connectivity index (χ0v) is 17.8. The van der Waals surface area contributed by atoms with E-state index >= 15 is 0 Å². The number of hydrogen-bond donors (Lipinski definition) is 1. The average molecular weight is 459 g/mol. The normalized spacial score (nSPS) is 13.1. The number of pyridine rings is 2. The van der Waals surface area contributed by atoms with E-state index in [1.807, 2.05) is 0 Å². The van der Waals surface area contributed by atoms with Gasteiger partial charge in [-0.2, -0.15) is 13.2 Å². The number of benzene rings is 1. The molecule has 0 atom stereocenters. The second-order valence-electron chi connectivity index (χ2n) is 7.62. The summed E-state index contributed by atoms with van der Waals surface area (Å²) >= 11 is 0. The molecule has 3 heterocycles. The fourth-order valence-corrected chi connectivity index (χ4v) is 3.58. The van der Waals surface area contributed by atoms with Gasteiger partial charge >= 0.3 is 6.18 Å². The van der Waals surface area contributed by atoms with Gasteiger partial charge in [0, 0.05) is 36.7 Å². The molecular weight excluding hydrogens is 439 g/mol. The van der Waals surface area contributed by atoms with Gasteiger partial charge < -0.3 is 10.5 Å². The zero-order chi connectivity index (χ0) is 23.9. The number of ether oxygens (including phenoxy) is 1. The van der Waals surface area contributed by atoms with Gasteiger partial charge in [-0.15, -0.1) is 0 Å². The fraction of sp³-hybridized carbons (Fsp3) is 0.273. The number of nitrogens with zero attached hydrogens (tertiary/aromatic N) is 4. The van der Waals surface area contributed by atoms with Crippen molar-refractivity contribution in [1.82, 2.24) is 20.0 Å². The first-order valence-corrected chi connectivity index (χ1v) is 9.93. The molecule has 11 heteroatoms. The van der Waals surface area contributed by atoms with Crippen LogP contribution in [-0.4, -0.2) is 38.8 Å². The number of alkyl halides is 3. The number of carbonyl (C=O) groups is 2. The van der Waals surface area contributed by atoms with Crippen LogP contribution in [0.3, 0.4) is 0 Å². The maximum Gasteiger partial charge on any atom is 0.417 e. The van der Waals surface area contributed by atoms with Crippen LogP contribution < -0.4 is 5.73 Å². The number of anilines is 1. The number of aromatic nitrogens is 2. The summed E-state index contributed by atoms with van der Waals surface area (Å²) in [6.45, 7) is 1.74. The molecule has 0 saturated heterocycles. The number of rotatable bonds is 3. The lowest BCUT2D eigenvalue weighted by atomic mass is 10.0. The minimum Gasteiger partial charge on any atom is -0.383 e. The highest BCUT2D eigenvalue weighted by atomic mass is 19.4. The van der Waals surface area contributed by atoms with Crippen molar-refractivity contribution in [1.29, 1.82) is 0 Å². The average Bonchev–Trinajstić information content (AvgIpc) is 3.27. The molecule has 33 heavy (non-hydrogen) atoms. The van der Waals surface area contributed by atoms with Gasteiger partial charge in [0.2, 0.25) is 5.91 Å². The molecule has 3 aromatic rings. The Hall–Kier alpha value is -3.73. The summed E-state index contributed by atoms with van der Waals surface area (Å²) in [4.78, 5) is 33.6. The van der Waals surface area contributed by atoms with Crippen molar-refractivity contribution in [2.45, 2.75) is 32.9 Å². The Labute approximate surface area is 186 Å². The quantitative estimate of drug-likeness (QED) is 0.603. The second kappa shape index (κ2) is 8.32. The van der Waals surface area contributed by atoms with E-state index in [4.69, 9.17) is 10.5 Å². The van der Waals surface area contributed by atoms with E-state index in [2.05, 4.69) is 9.97 Å². The van der Waals surface area contributed by atoms with Gasteiger partial charge in [-0.1, -0.05) is 0 Å². The number of hydrazine groups is 1. The first kappa shape index (κ1) is 22.5. The second-order valence-corrected chi connectivity index (χ2v) is 7.62. The number of amides is 2. The van der Waals surface area contributed by atoms with E-state index in [0.29, 0.717) is 36.1 Å². The third-order valence-corrected chi connectivity index (χ3v) is 5.49. The summed E-state index contributed by atoms with van der Waals surface area (Å²) in [7, 11) is 1.40. The molecule has 172 valence electrons. The molecule has 1 aromatic carbocycles. The van der Waals surface area contributed by atoms with Crippen LogP contribution in [0, 0.1) is 0 Å². The highest BCUT2D eigenvalue weighted by molar-refractivity contribution is 5.99. The largest absolute Gasteiger partial charge is 0.417 e. The first-order chi connectivity index (χ1) is 15.6. The third kappa shape index (κ3) is 4.31. The van der Waals surface area contributed by atoms with Crippen LogP contribution in [0.4, 0.5) is 19.0 Å². The standard InChI is InChI=1S/C22H20F3N5O3/c1-12(31)29(2)30(9-15-5-4-14(8-27-15)22(23,24)25)21(32)13-3-6-19-16(7-13)17-10-33-11-18(17)20(26)28-19/h3-8H,9-11H2,1-2H3,(H2,26,28).